The van der Waals surface area contributed by atoms with E-state index in [1.54, 1.807) is 24.3 Å². The predicted molar refractivity (Wildman–Crippen MR) is 145 cm³/mol. The maximum atomic E-state index is 14.4. The first-order chi connectivity index (χ1) is 19.1. The molecule has 3 aromatic rings. The van der Waals surface area contributed by atoms with Gasteiger partial charge in [0.1, 0.15) is 0 Å². The molecule has 2 aliphatic rings. The molecule has 1 fully saturated rings. The fourth-order valence-electron chi connectivity index (χ4n) is 5.61. The van der Waals surface area contributed by atoms with Crippen LogP contribution in [0.2, 0.25) is 5.02 Å². The Bertz CT molecular complexity index is 1420. The van der Waals surface area contributed by atoms with Crippen LogP contribution in [0.4, 0.5) is 13.2 Å². The molecule has 1 amide bonds. The molecule has 0 spiro atoms. The van der Waals surface area contributed by atoms with Crippen molar-refractivity contribution in [1.82, 2.24) is 14.7 Å². The molecule has 0 bridgehead atoms. The summed E-state index contributed by atoms with van der Waals surface area (Å²) in [6, 6.07) is 12.3. The molecule has 6 nitrogen and oxygen atoms in total. The number of hydrogen-bond acceptors (Lipinski definition) is 3. The number of fused-ring (bicyclic) bond motifs is 1. The van der Waals surface area contributed by atoms with Crippen LogP contribution in [-0.2, 0) is 30.4 Å². The highest BCUT2D eigenvalue weighted by Gasteiger charge is 2.43. The molecule has 1 aromatic heterocycles. The molecule has 5 rings (SSSR count). The number of aromatic nitrogens is 2. The first kappa shape index (κ1) is 28.0. The first-order valence-electron chi connectivity index (χ1n) is 13.3. The van der Waals surface area contributed by atoms with Gasteiger partial charge in [0.2, 0.25) is 0 Å². The van der Waals surface area contributed by atoms with Gasteiger partial charge in [-0.1, -0.05) is 54.1 Å². The number of carboxylic acid groups (broad SMARTS) is 1. The van der Waals surface area contributed by atoms with E-state index in [1.165, 1.54) is 10.5 Å². The molecule has 210 valence electrons. The molecular formula is C30H29ClF3N3O3. The largest absolute Gasteiger partial charge is 0.481 e. The second-order valence-electron chi connectivity index (χ2n) is 10.4. The number of nitrogens with zero attached hydrogens (tertiary/aromatic N) is 3. The summed E-state index contributed by atoms with van der Waals surface area (Å²) in [6.07, 6.45) is 2.65. The molecule has 1 N–H and O–H groups in total. The number of allylic oxidation sites excluding steroid dienone is 1. The summed E-state index contributed by atoms with van der Waals surface area (Å²) in [7, 11) is 0. The van der Waals surface area contributed by atoms with Gasteiger partial charge < -0.3 is 10.0 Å². The van der Waals surface area contributed by atoms with Gasteiger partial charge >= 0.3 is 12.1 Å². The highest BCUT2D eigenvalue weighted by atomic mass is 35.5. The van der Waals surface area contributed by atoms with E-state index in [4.69, 9.17) is 11.6 Å². The summed E-state index contributed by atoms with van der Waals surface area (Å²) in [4.78, 5) is 26.5. The number of carboxylic acids is 1. The molecule has 2 aromatic carbocycles. The van der Waals surface area contributed by atoms with Gasteiger partial charge in [-0.15, -0.1) is 0 Å². The zero-order valence-electron chi connectivity index (χ0n) is 21.7. The lowest BCUT2D eigenvalue weighted by atomic mass is 9.86. The fourth-order valence-corrected chi connectivity index (χ4v) is 5.74. The summed E-state index contributed by atoms with van der Waals surface area (Å²) in [6.45, 7) is 0.314. The van der Waals surface area contributed by atoms with Gasteiger partial charge in [0.05, 0.1) is 23.7 Å². The van der Waals surface area contributed by atoms with Gasteiger partial charge in [0.15, 0.2) is 5.69 Å². The van der Waals surface area contributed by atoms with E-state index in [0.29, 0.717) is 11.4 Å². The van der Waals surface area contributed by atoms with Crippen molar-refractivity contribution in [3.63, 3.8) is 0 Å². The van der Waals surface area contributed by atoms with Crippen molar-refractivity contribution in [3.8, 4) is 0 Å². The van der Waals surface area contributed by atoms with Crippen molar-refractivity contribution in [2.24, 2.45) is 5.92 Å². The van der Waals surface area contributed by atoms with E-state index in [9.17, 15) is 27.9 Å². The maximum Gasteiger partial charge on any atom is 0.433 e. The third-order valence-electron chi connectivity index (χ3n) is 7.77. The zero-order valence-corrected chi connectivity index (χ0v) is 22.5. The lowest BCUT2D eigenvalue weighted by Crippen LogP contribution is -2.34. The average molecular weight is 572 g/mol. The number of aliphatic carboxylic acids is 1. The van der Waals surface area contributed by atoms with Gasteiger partial charge in [-0.2, -0.15) is 18.3 Å². The van der Waals surface area contributed by atoms with Crippen molar-refractivity contribution in [2.45, 2.75) is 57.3 Å². The number of hydrogen-bond donors (Lipinski definition) is 1. The molecule has 10 heteroatoms. The minimum Gasteiger partial charge on any atom is -0.481 e. The Kier molecular flexibility index (Phi) is 8.03. The molecule has 1 heterocycles. The first-order valence-corrected chi connectivity index (χ1v) is 13.7. The number of carbonyl (C=O) groups is 2. The second-order valence-corrected chi connectivity index (χ2v) is 10.9. The van der Waals surface area contributed by atoms with E-state index < -0.39 is 41.3 Å². The van der Waals surface area contributed by atoms with E-state index in [1.807, 2.05) is 12.1 Å². The Morgan fingerprint density at radius 2 is 1.75 bits per heavy atom. The van der Waals surface area contributed by atoms with Crippen LogP contribution in [0.5, 0.6) is 0 Å². The maximum absolute atomic E-state index is 14.4. The summed E-state index contributed by atoms with van der Waals surface area (Å²) in [5, 5.41) is 13.8. The summed E-state index contributed by atoms with van der Waals surface area (Å²) in [5.41, 5.74) is 2.49. The van der Waals surface area contributed by atoms with Crippen molar-refractivity contribution in [1.29, 1.82) is 0 Å². The molecule has 0 saturated heterocycles. The fraction of sp³-hybridized carbons (Fsp3) is 0.367. The molecule has 40 heavy (non-hydrogen) atoms. The van der Waals surface area contributed by atoms with Crippen LogP contribution in [0.25, 0.3) is 6.08 Å². The van der Waals surface area contributed by atoms with Gasteiger partial charge in [0, 0.05) is 18.1 Å². The minimum atomic E-state index is -4.82. The Morgan fingerprint density at radius 1 is 1.05 bits per heavy atom. The topological polar surface area (TPSA) is 75.4 Å². The molecular weight excluding hydrogens is 543 g/mol. The van der Waals surface area contributed by atoms with Gasteiger partial charge in [0.25, 0.3) is 5.91 Å². The third kappa shape index (κ3) is 6.09. The van der Waals surface area contributed by atoms with Crippen LogP contribution in [0.15, 0.2) is 54.7 Å². The minimum absolute atomic E-state index is 0.106. The lowest BCUT2D eigenvalue weighted by molar-refractivity contribution is -0.147. The van der Waals surface area contributed by atoms with E-state index in [2.05, 4.69) is 23.3 Å². The number of amides is 1. The monoisotopic (exact) mass is 571 g/mol. The number of halogens is 4. The average Bonchev–Trinajstić information content (AvgIpc) is 3.59. The number of carbonyl (C=O) groups excluding carboxylic acids is 1. The Balaban J connectivity index is 1.42. The van der Waals surface area contributed by atoms with E-state index in [-0.39, 0.29) is 38.8 Å². The predicted octanol–water partition coefficient (Wildman–Crippen LogP) is 6.83. The van der Waals surface area contributed by atoms with Crippen molar-refractivity contribution >= 4 is 29.6 Å². The molecule has 0 unspecified atom stereocenters. The van der Waals surface area contributed by atoms with Crippen LogP contribution < -0.4 is 0 Å². The smallest absolute Gasteiger partial charge is 0.433 e. The third-order valence-corrected chi connectivity index (χ3v) is 8.03. The molecule has 2 aliphatic carbocycles. The van der Waals surface area contributed by atoms with Crippen molar-refractivity contribution in [3.05, 3.63) is 93.3 Å². The zero-order chi connectivity index (χ0) is 28.4. The van der Waals surface area contributed by atoms with Crippen LogP contribution in [-0.4, -0.2) is 38.2 Å². The number of benzene rings is 2. The quantitative estimate of drug-likeness (QED) is 0.322. The lowest BCUT2D eigenvalue weighted by Gasteiger charge is -2.28. The van der Waals surface area contributed by atoms with E-state index in [0.717, 1.165) is 34.0 Å². The van der Waals surface area contributed by atoms with Crippen LogP contribution in [0.3, 0.4) is 0 Å². The van der Waals surface area contributed by atoms with Crippen LogP contribution in [0.1, 0.15) is 70.0 Å². The standard InChI is InChI=1S/C30H29ClF3N3O3/c31-24-10-5-20(6-11-24)18-36(15-14-19-4-7-21-2-1-3-23(21)16-19)28(38)26-17-35-37(27(26)30(32,33)34)25-12-8-22(9-13-25)29(39)40/h1-2,4-7,10-11,16-17,22,25H,3,8-9,12-15,18H2,(H,39,40). The highest BCUT2D eigenvalue weighted by Crippen LogP contribution is 2.39. The van der Waals surface area contributed by atoms with E-state index >= 15 is 0 Å². The van der Waals surface area contributed by atoms with Gasteiger partial charge in [-0.3, -0.25) is 14.3 Å². The SMILES string of the molecule is O=C(O)C1CCC(n2ncc(C(=O)N(CCc3ccc4c(c3)CC=C4)Cc3ccc(Cl)cc3)c2C(F)(F)F)CC1. The second kappa shape index (κ2) is 11.5. The Labute approximate surface area is 235 Å². The van der Waals surface area contributed by atoms with Gasteiger partial charge in [-0.25, -0.2) is 0 Å². The van der Waals surface area contributed by atoms with Crippen molar-refractivity contribution in [2.75, 3.05) is 6.54 Å². The number of alkyl halides is 3. The van der Waals surface area contributed by atoms with Crippen LogP contribution >= 0.6 is 11.6 Å². The number of rotatable bonds is 8. The van der Waals surface area contributed by atoms with Gasteiger partial charge in [-0.05, 0) is 72.9 Å². The van der Waals surface area contributed by atoms with Crippen molar-refractivity contribution < 1.29 is 27.9 Å². The summed E-state index contributed by atoms with van der Waals surface area (Å²) < 4.78 is 44.2. The Morgan fingerprint density at radius 3 is 2.42 bits per heavy atom. The highest BCUT2D eigenvalue weighted by molar-refractivity contribution is 6.30. The molecule has 0 atom stereocenters. The Hall–Kier alpha value is -3.59. The molecule has 0 aliphatic heterocycles. The molecule has 1 saturated carbocycles. The summed E-state index contributed by atoms with van der Waals surface area (Å²) in [5.74, 6) is -2.27. The summed E-state index contributed by atoms with van der Waals surface area (Å²) >= 11 is 6.01. The normalized spacial score (nSPS) is 18.5. The van der Waals surface area contributed by atoms with Crippen LogP contribution in [0, 0.1) is 5.92 Å². The molecule has 0 radical (unpaired) electrons.